The molecule has 1 spiro atoms. The van der Waals surface area contributed by atoms with E-state index in [0.717, 1.165) is 0 Å². The molecule has 2 fully saturated rings. The molecule has 0 aromatic heterocycles. The Hall–Kier alpha value is -0.340. The molecule has 0 radical (unpaired) electrons. The van der Waals surface area contributed by atoms with Crippen LogP contribution in [0.2, 0.25) is 0 Å². The van der Waals surface area contributed by atoms with Crippen LogP contribution in [0.1, 0.15) is 39.5 Å². The Bertz CT molecular complexity index is 249. The Morgan fingerprint density at radius 3 is 2.67 bits per heavy atom. The van der Waals surface area contributed by atoms with Crippen LogP contribution in [0.4, 0.5) is 0 Å². The van der Waals surface area contributed by atoms with Crippen molar-refractivity contribution < 1.29 is 0 Å². The molecule has 2 N–H and O–H groups in total. The second kappa shape index (κ2) is 4.26. The van der Waals surface area contributed by atoms with Gasteiger partial charge < -0.3 is 10.6 Å². The fourth-order valence-corrected chi connectivity index (χ4v) is 3.47. The van der Waals surface area contributed by atoms with Gasteiger partial charge in [0.25, 0.3) is 0 Å². The van der Waals surface area contributed by atoms with E-state index in [1.54, 1.807) is 5.57 Å². The fraction of sp³-hybridized carbons (Fsp3) is 0.846. The summed E-state index contributed by atoms with van der Waals surface area (Å²) < 4.78 is 0. The monoisotopic (exact) mass is 208 g/mol. The minimum Gasteiger partial charge on any atom is -0.327 e. The zero-order valence-electron chi connectivity index (χ0n) is 10.1. The Kier molecular flexibility index (Phi) is 3.17. The van der Waals surface area contributed by atoms with Gasteiger partial charge in [0.2, 0.25) is 0 Å². The molecule has 0 aromatic carbocycles. The maximum atomic E-state index is 6.34. The van der Waals surface area contributed by atoms with Crippen molar-refractivity contribution in [2.24, 2.45) is 11.1 Å². The number of allylic oxidation sites excluding steroid dienone is 1. The number of nitrogens with two attached hydrogens (primary N) is 1. The zero-order chi connectivity index (χ0) is 10.9. The molecule has 15 heavy (non-hydrogen) atoms. The normalized spacial score (nSPS) is 34.1. The fourth-order valence-electron chi connectivity index (χ4n) is 3.47. The molecule has 1 atom stereocenters. The van der Waals surface area contributed by atoms with Gasteiger partial charge in [0.05, 0.1) is 0 Å². The minimum atomic E-state index is 0.375. The van der Waals surface area contributed by atoms with E-state index in [1.807, 2.05) is 0 Å². The van der Waals surface area contributed by atoms with Crippen LogP contribution in [0.5, 0.6) is 0 Å². The summed E-state index contributed by atoms with van der Waals surface area (Å²) in [7, 11) is 0. The number of hydrogen-bond acceptors (Lipinski definition) is 2. The second-order valence-corrected chi connectivity index (χ2v) is 5.05. The largest absolute Gasteiger partial charge is 0.327 e. The van der Waals surface area contributed by atoms with Crippen LogP contribution in [0.15, 0.2) is 11.6 Å². The number of nitrogens with zero attached hydrogens (tertiary/aromatic N) is 1. The number of hydrogen-bond donors (Lipinski definition) is 1. The summed E-state index contributed by atoms with van der Waals surface area (Å²) in [4.78, 5) is 2.55. The summed E-state index contributed by atoms with van der Waals surface area (Å²) in [6.07, 6.45) is 7.33. The topological polar surface area (TPSA) is 29.3 Å². The molecule has 1 saturated carbocycles. The van der Waals surface area contributed by atoms with E-state index in [-0.39, 0.29) is 0 Å². The molecule has 2 heteroatoms. The van der Waals surface area contributed by atoms with Crippen molar-refractivity contribution in [3.63, 3.8) is 0 Å². The molecular weight excluding hydrogens is 184 g/mol. The molecule has 86 valence electrons. The van der Waals surface area contributed by atoms with Crippen LogP contribution in [-0.4, -0.2) is 30.6 Å². The Balaban J connectivity index is 2.13. The highest BCUT2D eigenvalue weighted by molar-refractivity contribution is 5.24. The first kappa shape index (κ1) is 11.2. The smallest absolute Gasteiger partial charge is 0.0137 e. The molecule has 2 aliphatic rings. The van der Waals surface area contributed by atoms with Crippen LogP contribution in [-0.2, 0) is 0 Å². The average molecular weight is 208 g/mol. The molecule has 2 rings (SSSR count). The van der Waals surface area contributed by atoms with Gasteiger partial charge in [-0.05, 0) is 52.2 Å². The predicted molar refractivity (Wildman–Crippen MR) is 64.7 cm³/mol. The molecule has 2 nitrogen and oxygen atoms in total. The van der Waals surface area contributed by atoms with Crippen LogP contribution >= 0.6 is 0 Å². The SMILES string of the molecule is C/C=C1\CCC(N)C12CCN(CC)CC2. The van der Waals surface area contributed by atoms with Crippen LogP contribution in [0, 0.1) is 5.41 Å². The van der Waals surface area contributed by atoms with Crippen molar-refractivity contribution in [2.75, 3.05) is 19.6 Å². The van der Waals surface area contributed by atoms with Gasteiger partial charge in [-0.3, -0.25) is 0 Å². The van der Waals surface area contributed by atoms with Gasteiger partial charge in [-0.25, -0.2) is 0 Å². The maximum absolute atomic E-state index is 6.34. The average Bonchev–Trinajstić information content (AvgIpc) is 2.58. The summed E-state index contributed by atoms with van der Waals surface area (Å²) in [6.45, 7) is 8.10. The van der Waals surface area contributed by atoms with Crippen molar-refractivity contribution in [1.82, 2.24) is 4.90 Å². The van der Waals surface area contributed by atoms with Gasteiger partial charge in [-0.15, -0.1) is 0 Å². The summed E-state index contributed by atoms with van der Waals surface area (Å²) in [5.41, 5.74) is 8.36. The van der Waals surface area contributed by atoms with Crippen molar-refractivity contribution in [3.05, 3.63) is 11.6 Å². The second-order valence-electron chi connectivity index (χ2n) is 5.05. The lowest BCUT2D eigenvalue weighted by atomic mass is 9.71. The number of piperidine rings is 1. The Morgan fingerprint density at radius 2 is 2.13 bits per heavy atom. The van der Waals surface area contributed by atoms with Gasteiger partial charge in [0.1, 0.15) is 0 Å². The third-order valence-corrected chi connectivity index (χ3v) is 4.62. The molecule has 1 aliphatic heterocycles. The lowest BCUT2D eigenvalue weighted by Crippen LogP contribution is -2.47. The summed E-state index contributed by atoms with van der Waals surface area (Å²) in [5, 5.41) is 0. The van der Waals surface area contributed by atoms with Gasteiger partial charge in [-0.1, -0.05) is 18.6 Å². The van der Waals surface area contributed by atoms with Gasteiger partial charge in [0, 0.05) is 11.5 Å². The van der Waals surface area contributed by atoms with E-state index >= 15 is 0 Å². The van der Waals surface area contributed by atoms with Crippen LogP contribution < -0.4 is 5.73 Å². The molecule has 1 unspecified atom stereocenters. The first-order chi connectivity index (χ1) is 7.23. The van der Waals surface area contributed by atoms with E-state index in [1.165, 1.54) is 45.3 Å². The minimum absolute atomic E-state index is 0.375. The highest BCUT2D eigenvalue weighted by Crippen LogP contribution is 2.49. The molecule has 0 bridgehead atoms. The highest BCUT2D eigenvalue weighted by atomic mass is 15.1. The first-order valence-electron chi connectivity index (χ1n) is 6.36. The van der Waals surface area contributed by atoms with Crippen molar-refractivity contribution in [3.8, 4) is 0 Å². The van der Waals surface area contributed by atoms with Crippen LogP contribution in [0.25, 0.3) is 0 Å². The summed E-state index contributed by atoms with van der Waals surface area (Å²) >= 11 is 0. The van der Waals surface area contributed by atoms with E-state index in [9.17, 15) is 0 Å². The van der Waals surface area contributed by atoms with Gasteiger partial charge >= 0.3 is 0 Å². The molecule has 0 aromatic rings. The third-order valence-electron chi connectivity index (χ3n) is 4.62. The van der Waals surface area contributed by atoms with E-state index in [4.69, 9.17) is 5.73 Å². The van der Waals surface area contributed by atoms with Gasteiger partial charge in [0.15, 0.2) is 0 Å². The third kappa shape index (κ3) is 1.74. The lowest BCUT2D eigenvalue weighted by Gasteiger charge is -2.43. The molecular formula is C13H24N2. The molecule has 1 saturated heterocycles. The van der Waals surface area contributed by atoms with Crippen molar-refractivity contribution in [1.29, 1.82) is 0 Å². The van der Waals surface area contributed by atoms with E-state index < -0.39 is 0 Å². The van der Waals surface area contributed by atoms with E-state index in [2.05, 4.69) is 24.8 Å². The maximum Gasteiger partial charge on any atom is 0.0137 e. The highest BCUT2D eigenvalue weighted by Gasteiger charge is 2.45. The lowest BCUT2D eigenvalue weighted by molar-refractivity contribution is 0.127. The number of likely N-dealkylation sites (tertiary alicyclic amines) is 1. The Labute approximate surface area is 93.5 Å². The zero-order valence-corrected chi connectivity index (χ0v) is 10.1. The predicted octanol–water partition coefficient (Wildman–Crippen LogP) is 2.16. The first-order valence-corrected chi connectivity index (χ1v) is 6.36. The van der Waals surface area contributed by atoms with Crippen molar-refractivity contribution >= 4 is 0 Å². The molecule has 1 heterocycles. The van der Waals surface area contributed by atoms with E-state index in [0.29, 0.717) is 11.5 Å². The number of rotatable bonds is 1. The quantitative estimate of drug-likeness (QED) is 0.669. The molecule has 0 amide bonds. The summed E-state index contributed by atoms with van der Waals surface area (Å²) in [6, 6.07) is 0.419. The Morgan fingerprint density at radius 1 is 1.47 bits per heavy atom. The standard InChI is InChI=1S/C13H24N2/c1-3-11-5-6-12(14)13(11)7-9-15(4-2)10-8-13/h3,12H,4-10,14H2,1-2H3/b11-3+. The van der Waals surface area contributed by atoms with Crippen LogP contribution in [0.3, 0.4) is 0 Å². The summed E-state index contributed by atoms with van der Waals surface area (Å²) in [5.74, 6) is 0. The van der Waals surface area contributed by atoms with Crippen molar-refractivity contribution in [2.45, 2.75) is 45.6 Å². The van der Waals surface area contributed by atoms with Gasteiger partial charge in [-0.2, -0.15) is 0 Å². The molecule has 1 aliphatic carbocycles.